The van der Waals surface area contributed by atoms with E-state index >= 15 is 0 Å². The number of esters is 1. The van der Waals surface area contributed by atoms with Crippen molar-refractivity contribution in [1.29, 1.82) is 0 Å². The van der Waals surface area contributed by atoms with Crippen LogP contribution >= 0.6 is 0 Å². The summed E-state index contributed by atoms with van der Waals surface area (Å²) in [5.41, 5.74) is 5.70. The van der Waals surface area contributed by atoms with Gasteiger partial charge in [-0.2, -0.15) is 0 Å². The van der Waals surface area contributed by atoms with Gasteiger partial charge in [0.2, 0.25) is 0 Å². The molecule has 0 radical (unpaired) electrons. The van der Waals surface area contributed by atoms with Gasteiger partial charge in [0.15, 0.2) is 0 Å². The average molecular weight is 529 g/mol. The second-order valence-electron chi connectivity index (χ2n) is 10.6. The predicted octanol–water partition coefficient (Wildman–Crippen LogP) is 10.7. The smallest absolute Gasteiger partial charge is 0.306 e. The molecule has 3 nitrogen and oxygen atoms in total. The van der Waals surface area contributed by atoms with Gasteiger partial charge in [0, 0.05) is 6.42 Å². The molecule has 0 aromatic heterocycles. The van der Waals surface area contributed by atoms with Gasteiger partial charge in [0.25, 0.3) is 0 Å². The molecule has 210 valence electrons. The monoisotopic (exact) mass is 528 g/mol. The van der Waals surface area contributed by atoms with E-state index in [9.17, 15) is 4.79 Å². The number of carbonyl (C=O) groups is 1. The Labute approximate surface area is 237 Å². The van der Waals surface area contributed by atoms with Gasteiger partial charge in [-0.1, -0.05) is 132 Å². The second-order valence-corrected chi connectivity index (χ2v) is 10.6. The number of hydrogen-bond donors (Lipinski definition) is 0. The molecule has 3 rings (SSSR count). The minimum absolute atomic E-state index is 0.108. The fraction of sp³-hybridized carbons (Fsp3) is 0.472. The van der Waals surface area contributed by atoms with Crippen LogP contribution in [0.1, 0.15) is 109 Å². The lowest BCUT2D eigenvalue weighted by atomic mass is 9.93. The summed E-state index contributed by atoms with van der Waals surface area (Å²) >= 11 is 0. The van der Waals surface area contributed by atoms with Crippen LogP contribution in [0.5, 0.6) is 5.75 Å². The first-order valence-electron chi connectivity index (χ1n) is 15.2. The molecular formula is C36H48O3. The zero-order chi connectivity index (χ0) is 27.7. The minimum atomic E-state index is -0.249. The summed E-state index contributed by atoms with van der Waals surface area (Å²) in [6, 6.07) is 25.3. The quantitative estimate of drug-likeness (QED) is 0.122. The normalized spacial score (nSPS) is 11.8. The van der Waals surface area contributed by atoms with Crippen molar-refractivity contribution in [3.05, 3.63) is 78.4 Å². The molecule has 3 aromatic carbocycles. The van der Waals surface area contributed by atoms with Crippen LogP contribution in [-0.2, 0) is 9.53 Å². The average Bonchev–Trinajstić information content (AvgIpc) is 2.97. The molecule has 3 aromatic rings. The van der Waals surface area contributed by atoms with E-state index in [1.54, 1.807) is 0 Å². The van der Waals surface area contributed by atoms with Gasteiger partial charge in [-0.05, 0) is 59.7 Å². The van der Waals surface area contributed by atoms with Crippen LogP contribution in [0.25, 0.3) is 22.3 Å². The number of benzene rings is 3. The Morgan fingerprint density at radius 1 is 0.641 bits per heavy atom. The highest BCUT2D eigenvalue weighted by Gasteiger charge is 2.13. The summed E-state index contributed by atoms with van der Waals surface area (Å²) < 4.78 is 11.7. The first-order chi connectivity index (χ1) is 19.1. The molecule has 0 aliphatic rings. The Hall–Kier alpha value is -3.07. The lowest BCUT2D eigenvalue weighted by Gasteiger charge is -2.15. The molecule has 0 aliphatic heterocycles. The van der Waals surface area contributed by atoms with Crippen molar-refractivity contribution in [2.75, 3.05) is 6.61 Å². The Balaban J connectivity index is 1.55. The van der Waals surface area contributed by atoms with E-state index in [1.165, 1.54) is 68.1 Å². The van der Waals surface area contributed by atoms with Crippen LogP contribution in [0, 0.1) is 0 Å². The van der Waals surface area contributed by atoms with Crippen LogP contribution in [0.2, 0.25) is 0 Å². The number of rotatable bonds is 18. The zero-order valence-corrected chi connectivity index (χ0v) is 24.4. The molecule has 1 atom stereocenters. The van der Waals surface area contributed by atoms with E-state index in [0.29, 0.717) is 6.42 Å². The van der Waals surface area contributed by atoms with Crippen molar-refractivity contribution in [3.8, 4) is 28.0 Å². The molecule has 0 N–H and O–H groups in total. The Morgan fingerprint density at radius 2 is 1.15 bits per heavy atom. The molecule has 0 saturated heterocycles. The number of hydrogen-bond acceptors (Lipinski definition) is 3. The van der Waals surface area contributed by atoms with E-state index < -0.39 is 0 Å². The van der Waals surface area contributed by atoms with Crippen molar-refractivity contribution >= 4 is 5.97 Å². The third-order valence-electron chi connectivity index (χ3n) is 7.34. The Bertz CT molecular complexity index is 1090. The summed E-state index contributed by atoms with van der Waals surface area (Å²) in [4.78, 5) is 12.2. The van der Waals surface area contributed by atoms with Crippen LogP contribution in [-0.4, -0.2) is 12.6 Å². The summed E-state index contributed by atoms with van der Waals surface area (Å²) in [6.45, 7) is 7.16. The second kappa shape index (κ2) is 17.5. The minimum Gasteiger partial charge on any atom is -0.494 e. The lowest BCUT2D eigenvalue weighted by molar-refractivity contribution is -0.148. The van der Waals surface area contributed by atoms with Crippen molar-refractivity contribution in [1.82, 2.24) is 0 Å². The molecule has 3 heteroatoms. The van der Waals surface area contributed by atoms with Crippen molar-refractivity contribution in [2.24, 2.45) is 0 Å². The van der Waals surface area contributed by atoms with Gasteiger partial charge in [0.05, 0.1) is 6.61 Å². The van der Waals surface area contributed by atoms with Gasteiger partial charge in [0.1, 0.15) is 11.9 Å². The van der Waals surface area contributed by atoms with Gasteiger partial charge < -0.3 is 9.47 Å². The maximum absolute atomic E-state index is 12.2. The highest BCUT2D eigenvalue weighted by atomic mass is 16.5. The molecule has 0 saturated carbocycles. The van der Waals surface area contributed by atoms with Gasteiger partial charge in [-0.3, -0.25) is 4.79 Å². The number of ether oxygens (including phenoxy) is 2. The van der Waals surface area contributed by atoms with Crippen molar-refractivity contribution < 1.29 is 14.3 Å². The molecule has 0 amide bonds. The third kappa shape index (κ3) is 10.5. The van der Waals surface area contributed by atoms with Crippen LogP contribution in [0.4, 0.5) is 0 Å². The van der Waals surface area contributed by atoms with Crippen molar-refractivity contribution in [3.63, 3.8) is 0 Å². The highest BCUT2D eigenvalue weighted by molar-refractivity contribution is 5.83. The van der Waals surface area contributed by atoms with Crippen LogP contribution in [0.15, 0.2) is 72.8 Å². The standard InChI is InChI=1S/C36H48O3/c1-4-6-8-10-11-12-16-28-38-33-26-24-32(25-27-33)35-18-15-14-17-34(35)31-22-20-30(21-23-31)29(3)39-36(37)19-13-9-7-5-2/h14-15,17-18,20-27,29H,4-13,16,19,28H2,1-3H3. The fourth-order valence-electron chi connectivity index (χ4n) is 4.92. The number of carbonyl (C=O) groups excluding carboxylic acids is 1. The first kappa shape index (κ1) is 30.5. The first-order valence-corrected chi connectivity index (χ1v) is 15.2. The third-order valence-corrected chi connectivity index (χ3v) is 7.34. The largest absolute Gasteiger partial charge is 0.494 e. The summed E-state index contributed by atoms with van der Waals surface area (Å²) in [5.74, 6) is 0.823. The van der Waals surface area contributed by atoms with Crippen molar-refractivity contribution in [2.45, 2.75) is 104 Å². The van der Waals surface area contributed by atoms with Crippen LogP contribution in [0.3, 0.4) is 0 Å². The molecule has 1 unspecified atom stereocenters. The van der Waals surface area contributed by atoms with Crippen LogP contribution < -0.4 is 4.74 Å². The van der Waals surface area contributed by atoms with E-state index in [4.69, 9.17) is 9.47 Å². The Morgan fingerprint density at radius 3 is 1.74 bits per heavy atom. The molecule has 0 spiro atoms. The lowest BCUT2D eigenvalue weighted by Crippen LogP contribution is -2.08. The predicted molar refractivity (Wildman–Crippen MR) is 164 cm³/mol. The topological polar surface area (TPSA) is 35.5 Å². The molecule has 0 heterocycles. The van der Waals surface area contributed by atoms with Gasteiger partial charge in [-0.15, -0.1) is 0 Å². The van der Waals surface area contributed by atoms with Gasteiger partial charge in [-0.25, -0.2) is 0 Å². The Kier molecular flexibility index (Phi) is 13.7. The highest BCUT2D eigenvalue weighted by Crippen LogP contribution is 2.33. The van der Waals surface area contributed by atoms with E-state index in [0.717, 1.165) is 42.7 Å². The summed E-state index contributed by atoms with van der Waals surface area (Å²) in [7, 11) is 0. The molecule has 39 heavy (non-hydrogen) atoms. The summed E-state index contributed by atoms with van der Waals surface area (Å²) in [6.07, 6.45) is 13.6. The zero-order valence-electron chi connectivity index (χ0n) is 24.4. The molecular weight excluding hydrogens is 480 g/mol. The van der Waals surface area contributed by atoms with E-state index in [1.807, 2.05) is 6.92 Å². The molecule has 0 bridgehead atoms. The number of unbranched alkanes of at least 4 members (excludes halogenated alkanes) is 9. The SMILES string of the molecule is CCCCCCCCCOc1ccc(-c2ccccc2-c2ccc(C(C)OC(=O)CCCCCC)cc2)cc1. The fourth-order valence-corrected chi connectivity index (χ4v) is 4.92. The van der Waals surface area contributed by atoms with E-state index in [-0.39, 0.29) is 12.1 Å². The summed E-state index contributed by atoms with van der Waals surface area (Å²) in [5, 5.41) is 0. The molecule has 0 fully saturated rings. The maximum Gasteiger partial charge on any atom is 0.306 e. The van der Waals surface area contributed by atoms with E-state index in [2.05, 4.69) is 86.6 Å². The van der Waals surface area contributed by atoms with Gasteiger partial charge >= 0.3 is 5.97 Å². The maximum atomic E-state index is 12.2. The molecule has 0 aliphatic carbocycles.